The molecule has 5 heteroatoms. The molecular weight excluding hydrogens is 316 g/mol. The molecule has 1 N–H and O–H groups in total. The van der Waals surface area contributed by atoms with Crippen LogP contribution < -0.4 is 5.32 Å². The van der Waals surface area contributed by atoms with Crippen molar-refractivity contribution >= 4 is 34.9 Å². The van der Waals surface area contributed by atoms with Gasteiger partial charge in [0.25, 0.3) is 5.91 Å². The van der Waals surface area contributed by atoms with Gasteiger partial charge in [-0.25, -0.2) is 0 Å². The van der Waals surface area contributed by atoms with Crippen molar-refractivity contribution in [1.82, 2.24) is 5.32 Å². The van der Waals surface area contributed by atoms with Gasteiger partial charge in [0.1, 0.15) is 11.6 Å². The van der Waals surface area contributed by atoms with Crippen LogP contribution in [0.2, 0.25) is 5.02 Å². The zero-order chi connectivity index (χ0) is 15.5. The molecule has 1 aromatic heterocycles. The first-order valence-electron chi connectivity index (χ1n) is 6.95. The third kappa shape index (κ3) is 3.38. The lowest BCUT2D eigenvalue weighted by Crippen LogP contribution is -2.26. The molecular formula is C17H13ClN2OS. The van der Waals surface area contributed by atoms with Gasteiger partial charge in [-0.1, -0.05) is 29.8 Å². The summed E-state index contributed by atoms with van der Waals surface area (Å²) in [5.74, 6) is -0.294. The maximum absolute atomic E-state index is 11.9. The van der Waals surface area contributed by atoms with Gasteiger partial charge in [-0.05, 0) is 37.1 Å². The summed E-state index contributed by atoms with van der Waals surface area (Å²) in [6.07, 6.45) is 3.63. The maximum Gasteiger partial charge on any atom is 0.262 e. The van der Waals surface area contributed by atoms with E-state index in [1.807, 2.05) is 42.5 Å². The van der Waals surface area contributed by atoms with Crippen LogP contribution in [0.25, 0.3) is 16.5 Å². The Morgan fingerprint density at radius 2 is 2.09 bits per heavy atom. The Morgan fingerprint density at radius 3 is 2.77 bits per heavy atom. The summed E-state index contributed by atoms with van der Waals surface area (Å²) in [7, 11) is 0. The van der Waals surface area contributed by atoms with Gasteiger partial charge in [0, 0.05) is 26.4 Å². The minimum atomic E-state index is -0.294. The summed E-state index contributed by atoms with van der Waals surface area (Å²) >= 11 is 7.69. The van der Waals surface area contributed by atoms with E-state index in [2.05, 4.69) is 5.32 Å². The Hall–Kier alpha value is -2.09. The molecule has 0 spiro atoms. The summed E-state index contributed by atoms with van der Waals surface area (Å²) in [6.45, 7) is 0. The molecule has 1 amide bonds. The highest BCUT2D eigenvalue weighted by molar-refractivity contribution is 7.16. The lowest BCUT2D eigenvalue weighted by atomic mass is 10.2. The van der Waals surface area contributed by atoms with Crippen LogP contribution >= 0.6 is 22.9 Å². The third-order valence-electron chi connectivity index (χ3n) is 3.33. The number of carbonyl (C=O) groups is 1. The van der Waals surface area contributed by atoms with Gasteiger partial charge >= 0.3 is 0 Å². The largest absolute Gasteiger partial charge is 0.349 e. The molecule has 1 aromatic carbocycles. The smallest absolute Gasteiger partial charge is 0.262 e. The first-order chi connectivity index (χ1) is 10.7. The van der Waals surface area contributed by atoms with Crippen LogP contribution in [0.15, 0.2) is 42.0 Å². The first kappa shape index (κ1) is 14.8. The van der Waals surface area contributed by atoms with Gasteiger partial charge in [0.2, 0.25) is 0 Å². The third-order valence-corrected chi connectivity index (χ3v) is 4.73. The highest BCUT2D eigenvalue weighted by Crippen LogP contribution is 2.34. The number of thiophene rings is 1. The van der Waals surface area contributed by atoms with Crippen LogP contribution in [-0.4, -0.2) is 11.9 Å². The molecule has 0 unspecified atom stereocenters. The Kier molecular flexibility index (Phi) is 4.28. The monoisotopic (exact) mass is 328 g/mol. The maximum atomic E-state index is 11.9. The number of nitrogens with one attached hydrogen (secondary N) is 1. The molecule has 3 rings (SSSR count). The summed E-state index contributed by atoms with van der Waals surface area (Å²) in [5.41, 5.74) is 1.09. The van der Waals surface area contributed by atoms with Gasteiger partial charge < -0.3 is 5.32 Å². The number of carbonyl (C=O) groups excluding carboxylic acids is 1. The fourth-order valence-corrected chi connectivity index (χ4v) is 3.30. The zero-order valence-corrected chi connectivity index (χ0v) is 13.2. The number of rotatable bonds is 4. The van der Waals surface area contributed by atoms with E-state index in [0.717, 1.165) is 28.2 Å². The SMILES string of the molecule is N#C/C(=C\c1ccc(-c2ccccc2Cl)s1)C(=O)NC1CC1. The molecule has 1 saturated carbocycles. The van der Waals surface area contributed by atoms with E-state index in [-0.39, 0.29) is 17.5 Å². The van der Waals surface area contributed by atoms with Crippen LogP contribution in [0, 0.1) is 11.3 Å². The fourth-order valence-electron chi connectivity index (χ4n) is 2.02. The minimum absolute atomic E-state index is 0.138. The molecule has 2 aromatic rings. The van der Waals surface area contributed by atoms with E-state index < -0.39 is 0 Å². The summed E-state index contributed by atoms with van der Waals surface area (Å²) < 4.78 is 0. The number of amides is 1. The van der Waals surface area contributed by atoms with Gasteiger partial charge in [-0.2, -0.15) is 5.26 Å². The van der Waals surface area contributed by atoms with Crippen molar-refractivity contribution < 1.29 is 4.79 Å². The van der Waals surface area contributed by atoms with Crippen LogP contribution in [0.4, 0.5) is 0 Å². The normalized spacial score (nSPS) is 14.5. The number of halogens is 1. The van der Waals surface area contributed by atoms with Gasteiger partial charge in [-0.3, -0.25) is 4.79 Å². The molecule has 0 saturated heterocycles. The highest BCUT2D eigenvalue weighted by atomic mass is 35.5. The number of nitriles is 1. The molecule has 1 fully saturated rings. The number of hydrogen-bond acceptors (Lipinski definition) is 3. The molecule has 1 heterocycles. The van der Waals surface area contributed by atoms with E-state index in [0.29, 0.717) is 5.02 Å². The molecule has 0 bridgehead atoms. The van der Waals surface area contributed by atoms with E-state index in [1.165, 1.54) is 11.3 Å². The van der Waals surface area contributed by atoms with Crippen molar-refractivity contribution in [2.24, 2.45) is 0 Å². The predicted octanol–water partition coefficient (Wildman–Crippen LogP) is 4.25. The standard InChI is InChI=1S/C17H13ClN2OS/c18-15-4-2-1-3-14(15)16-8-7-13(22-16)9-11(10-19)17(21)20-12-5-6-12/h1-4,7-9,12H,5-6H2,(H,20,21)/b11-9+. The second kappa shape index (κ2) is 6.35. The Labute approximate surface area is 137 Å². The van der Waals surface area contributed by atoms with Crippen LogP contribution in [0.1, 0.15) is 17.7 Å². The summed E-state index contributed by atoms with van der Waals surface area (Å²) in [4.78, 5) is 13.8. The second-order valence-corrected chi connectivity index (χ2v) is 6.62. The topological polar surface area (TPSA) is 52.9 Å². The Bertz CT molecular complexity index is 784. The molecule has 0 aliphatic heterocycles. The van der Waals surface area contributed by atoms with Crippen molar-refractivity contribution in [3.8, 4) is 16.5 Å². The van der Waals surface area contributed by atoms with Crippen molar-refractivity contribution in [2.75, 3.05) is 0 Å². The Balaban J connectivity index is 1.83. The minimum Gasteiger partial charge on any atom is -0.349 e. The summed E-state index contributed by atoms with van der Waals surface area (Å²) in [5, 5.41) is 12.7. The molecule has 0 atom stereocenters. The predicted molar refractivity (Wildman–Crippen MR) is 89.5 cm³/mol. The number of nitrogens with zero attached hydrogens (tertiary/aromatic N) is 1. The molecule has 22 heavy (non-hydrogen) atoms. The van der Waals surface area contributed by atoms with Crippen molar-refractivity contribution in [3.05, 3.63) is 51.9 Å². The van der Waals surface area contributed by atoms with E-state index in [4.69, 9.17) is 16.9 Å². The molecule has 3 nitrogen and oxygen atoms in total. The van der Waals surface area contributed by atoms with Gasteiger partial charge in [0.05, 0.1) is 0 Å². The molecule has 1 aliphatic carbocycles. The van der Waals surface area contributed by atoms with Crippen LogP contribution in [0.3, 0.4) is 0 Å². The Morgan fingerprint density at radius 1 is 1.32 bits per heavy atom. The van der Waals surface area contributed by atoms with E-state index >= 15 is 0 Å². The van der Waals surface area contributed by atoms with Gasteiger partial charge in [-0.15, -0.1) is 11.3 Å². The van der Waals surface area contributed by atoms with Crippen molar-refractivity contribution in [2.45, 2.75) is 18.9 Å². The number of benzene rings is 1. The highest BCUT2D eigenvalue weighted by Gasteiger charge is 2.24. The van der Waals surface area contributed by atoms with E-state index in [1.54, 1.807) is 6.08 Å². The lowest BCUT2D eigenvalue weighted by molar-refractivity contribution is -0.117. The number of hydrogen-bond donors (Lipinski definition) is 1. The average Bonchev–Trinajstić information content (AvgIpc) is 3.21. The molecule has 110 valence electrons. The van der Waals surface area contributed by atoms with Gasteiger partial charge in [0.15, 0.2) is 0 Å². The lowest BCUT2D eigenvalue weighted by Gasteiger charge is -2.00. The quantitative estimate of drug-likeness (QED) is 0.673. The van der Waals surface area contributed by atoms with E-state index in [9.17, 15) is 4.79 Å². The molecule has 1 aliphatic rings. The second-order valence-electron chi connectivity index (χ2n) is 5.10. The average molecular weight is 329 g/mol. The fraction of sp³-hybridized carbons (Fsp3) is 0.176. The van der Waals surface area contributed by atoms with Crippen molar-refractivity contribution in [3.63, 3.8) is 0 Å². The van der Waals surface area contributed by atoms with Crippen LogP contribution in [0.5, 0.6) is 0 Å². The van der Waals surface area contributed by atoms with Crippen molar-refractivity contribution in [1.29, 1.82) is 5.26 Å². The molecule has 0 radical (unpaired) electrons. The zero-order valence-electron chi connectivity index (χ0n) is 11.7. The van der Waals surface area contributed by atoms with Crippen LogP contribution in [-0.2, 0) is 4.79 Å². The summed E-state index contributed by atoms with van der Waals surface area (Å²) in [6, 6.07) is 13.7. The first-order valence-corrected chi connectivity index (χ1v) is 8.14.